The number of carbonyl (C=O) groups excluding carboxylic acids is 1. The molecule has 2 unspecified atom stereocenters. The predicted molar refractivity (Wildman–Crippen MR) is 87.4 cm³/mol. The van der Waals surface area contributed by atoms with E-state index in [2.05, 4.69) is 5.32 Å². The van der Waals surface area contributed by atoms with Crippen LogP contribution in [-0.2, 0) is 9.59 Å². The van der Waals surface area contributed by atoms with E-state index in [0.29, 0.717) is 12.1 Å². The normalized spacial score (nSPS) is 18.9. The highest BCUT2D eigenvalue weighted by Gasteiger charge is 2.40. The summed E-state index contributed by atoms with van der Waals surface area (Å²) in [5.74, 6) is -1.06. The average Bonchev–Trinajstić information content (AvgIpc) is 2.43. The zero-order valence-corrected chi connectivity index (χ0v) is 13.8. The van der Waals surface area contributed by atoms with Gasteiger partial charge in [-0.3, -0.25) is 9.69 Å². The van der Waals surface area contributed by atoms with Gasteiger partial charge in [-0.25, -0.2) is 4.79 Å². The fourth-order valence-corrected chi connectivity index (χ4v) is 2.85. The van der Waals surface area contributed by atoms with Crippen molar-refractivity contribution in [3.8, 4) is 0 Å². The smallest absolute Gasteiger partial charge is 0.326 e. The van der Waals surface area contributed by atoms with Gasteiger partial charge in [0.25, 0.3) is 5.91 Å². The van der Waals surface area contributed by atoms with Crippen molar-refractivity contribution in [2.24, 2.45) is 5.92 Å². The van der Waals surface area contributed by atoms with Crippen LogP contribution >= 0.6 is 0 Å². The van der Waals surface area contributed by atoms with E-state index in [0.717, 1.165) is 16.8 Å². The Labute approximate surface area is 131 Å². The maximum Gasteiger partial charge on any atom is 0.326 e. The van der Waals surface area contributed by atoms with Crippen LogP contribution in [0.5, 0.6) is 0 Å². The number of fused-ring (bicyclic) bond motifs is 1. The maximum atomic E-state index is 12.8. The molecule has 5 nitrogen and oxygen atoms in total. The van der Waals surface area contributed by atoms with Gasteiger partial charge in [0.1, 0.15) is 12.1 Å². The summed E-state index contributed by atoms with van der Waals surface area (Å²) < 4.78 is 0. The Morgan fingerprint density at radius 2 is 1.91 bits per heavy atom. The van der Waals surface area contributed by atoms with Gasteiger partial charge in [-0.15, -0.1) is 0 Å². The van der Waals surface area contributed by atoms with Crippen LogP contribution in [-0.4, -0.2) is 29.1 Å². The van der Waals surface area contributed by atoms with E-state index in [4.69, 9.17) is 0 Å². The van der Waals surface area contributed by atoms with Crippen LogP contribution in [0, 0.1) is 19.8 Å². The van der Waals surface area contributed by atoms with Gasteiger partial charge in [-0.1, -0.05) is 20.8 Å². The summed E-state index contributed by atoms with van der Waals surface area (Å²) in [4.78, 5) is 25.9. The molecule has 120 valence electrons. The third-order valence-electron chi connectivity index (χ3n) is 4.34. The Kier molecular flexibility index (Phi) is 4.44. The van der Waals surface area contributed by atoms with Gasteiger partial charge in [0.15, 0.2) is 0 Å². The molecule has 0 spiro atoms. The van der Waals surface area contributed by atoms with E-state index in [-0.39, 0.29) is 11.8 Å². The van der Waals surface area contributed by atoms with Crippen molar-refractivity contribution in [3.63, 3.8) is 0 Å². The summed E-state index contributed by atoms with van der Waals surface area (Å²) in [5.41, 5.74) is 3.66. The Bertz CT molecular complexity index is 610. The molecule has 1 amide bonds. The molecule has 1 heterocycles. The highest BCUT2D eigenvalue weighted by molar-refractivity contribution is 6.08. The number of carboxylic acids is 1. The lowest BCUT2D eigenvalue weighted by Gasteiger charge is -2.40. The number of amides is 1. The minimum atomic E-state index is -0.968. The molecule has 1 aromatic rings. The number of carboxylic acid groups (broad SMARTS) is 1. The second-order valence-electron chi connectivity index (χ2n) is 6.29. The molecule has 0 radical (unpaired) electrons. The van der Waals surface area contributed by atoms with E-state index < -0.39 is 18.1 Å². The van der Waals surface area contributed by atoms with Gasteiger partial charge < -0.3 is 10.4 Å². The molecule has 0 saturated carbocycles. The Morgan fingerprint density at radius 1 is 1.32 bits per heavy atom. The first-order chi connectivity index (χ1) is 10.3. The fourth-order valence-electron chi connectivity index (χ4n) is 2.85. The first-order valence-electron chi connectivity index (χ1n) is 7.71. The zero-order chi connectivity index (χ0) is 16.6. The summed E-state index contributed by atoms with van der Waals surface area (Å²) >= 11 is 0. The first-order valence-corrected chi connectivity index (χ1v) is 7.71. The monoisotopic (exact) mass is 304 g/mol. The van der Waals surface area contributed by atoms with Crippen molar-refractivity contribution in [1.29, 1.82) is 0 Å². The predicted octanol–water partition coefficient (Wildman–Crippen LogP) is 2.95. The highest BCUT2D eigenvalue weighted by atomic mass is 16.4. The number of aliphatic carboxylic acids is 1. The summed E-state index contributed by atoms with van der Waals surface area (Å²) in [7, 11) is 0. The largest absolute Gasteiger partial charge is 0.480 e. The van der Waals surface area contributed by atoms with Crippen molar-refractivity contribution in [1.82, 2.24) is 0 Å². The zero-order valence-electron chi connectivity index (χ0n) is 13.8. The lowest BCUT2D eigenvalue weighted by atomic mass is 9.95. The molecule has 0 bridgehead atoms. The van der Waals surface area contributed by atoms with Gasteiger partial charge in [0.05, 0.1) is 11.4 Å². The van der Waals surface area contributed by atoms with Crippen LogP contribution in [0.4, 0.5) is 11.4 Å². The molecule has 2 rings (SSSR count). The molecule has 0 fully saturated rings. The number of hydrogen-bond acceptors (Lipinski definition) is 3. The second kappa shape index (κ2) is 5.99. The quantitative estimate of drug-likeness (QED) is 0.897. The van der Waals surface area contributed by atoms with Gasteiger partial charge in [0.2, 0.25) is 0 Å². The minimum Gasteiger partial charge on any atom is -0.480 e. The number of rotatable bonds is 4. The number of aryl methyl sites for hydroxylation is 2. The summed E-state index contributed by atoms with van der Waals surface area (Å²) in [5, 5.41) is 12.8. The molecular formula is C17H24N2O3. The molecule has 0 saturated heterocycles. The minimum absolute atomic E-state index is 0.0797. The van der Waals surface area contributed by atoms with E-state index in [1.165, 1.54) is 4.90 Å². The van der Waals surface area contributed by atoms with Crippen LogP contribution in [0.15, 0.2) is 12.1 Å². The molecule has 2 N–H and O–H groups in total. The van der Waals surface area contributed by atoms with Crippen LogP contribution < -0.4 is 10.2 Å². The van der Waals surface area contributed by atoms with Gasteiger partial charge in [0, 0.05) is 0 Å². The van der Waals surface area contributed by atoms with E-state index in [1.807, 2.05) is 39.8 Å². The van der Waals surface area contributed by atoms with Crippen LogP contribution in [0.2, 0.25) is 0 Å². The van der Waals surface area contributed by atoms with Crippen molar-refractivity contribution in [2.75, 3.05) is 10.2 Å². The number of nitrogens with zero attached hydrogens (tertiary/aromatic N) is 1. The SMILES string of the molecule is CCC(C(=O)O)N1C(=O)C(C(C)C)Nc2cc(C)c(C)cc21. The topological polar surface area (TPSA) is 69.6 Å². The number of hydrogen-bond donors (Lipinski definition) is 2. The van der Waals surface area contributed by atoms with Crippen LogP contribution in [0.3, 0.4) is 0 Å². The molecule has 0 aromatic heterocycles. The number of carbonyl (C=O) groups is 2. The second-order valence-corrected chi connectivity index (χ2v) is 6.29. The van der Waals surface area contributed by atoms with Gasteiger partial charge >= 0.3 is 5.97 Å². The van der Waals surface area contributed by atoms with E-state index in [9.17, 15) is 14.7 Å². The van der Waals surface area contributed by atoms with Crippen molar-refractivity contribution >= 4 is 23.3 Å². The first kappa shape index (κ1) is 16.3. The maximum absolute atomic E-state index is 12.8. The van der Waals surface area contributed by atoms with Crippen molar-refractivity contribution in [3.05, 3.63) is 23.3 Å². The van der Waals surface area contributed by atoms with Crippen LogP contribution in [0.1, 0.15) is 38.3 Å². The molecule has 1 aromatic carbocycles. The molecule has 1 aliphatic heterocycles. The lowest BCUT2D eigenvalue weighted by molar-refractivity contribution is -0.140. The highest BCUT2D eigenvalue weighted by Crippen LogP contribution is 2.37. The van der Waals surface area contributed by atoms with Crippen molar-refractivity contribution in [2.45, 2.75) is 53.1 Å². The molecule has 22 heavy (non-hydrogen) atoms. The fraction of sp³-hybridized carbons (Fsp3) is 0.529. The van der Waals surface area contributed by atoms with Gasteiger partial charge in [-0.2, -0.15) is 0 Å². The Hall–Kier alpha value is -2.04. The number of benzene rings is 1. The molecular weight excluding hydrogens is 280 g/mol. The van der Waals surface area contributed by atoms with Gasteiger partial charge in [-0.05, 0) is 49.4 Å². The number of anilines is 2. The molecule has 1 aliphatic rings. The molecule has 5 heteroatoms. The summed E-state index contributed by atoms with van der Waals surface area (Å²) in [6.45, 7) is 9.69. The number of nitrogens with one attached hydrogen (secondary N) is 1. The van der Waals surface area contributed by atoms with Crippen molar-refractivity contribution < 1.29 is 14.7 Å². The standard InChI is InChI=1S/C17H24N2O3/c1-6-13(17(21)22)19-14-8-11(5)10(4)7-12(14)18-15(9(2)3)16(19)20/h7-9,13,15,18H,6H2,1-5H3,(H,21,22). The van der Waals surface area contributed by atoms with E-state index >= 15 is 0 Å². The summed E-state index contributed by atoms with van der Waals surface area (Å²) in [6.07, 6.45) is 0.373. The Balaban J connectivity index is 2.61. The third-order valence-corrected chi connectivity index (χ3v) is 4.34. The molecule has 0 aliphatic carbocycles. The Morgan fingerprint density at radius 3 is 2.41 bits per heavy atom. The summed E-state index contributed by atoms with van der Waals surface area (Å²) in [6, 6.07) is 2.66. The molecule has 2 atom stereocenters. The van der Waals surface area contributed by atoms with Crippen LogP contribution in [0.25, 0.3) is 0 Å². The van der Waals surface area contributed by atoms with E-state index in [1.54, 1.807) is 6.92 Å². The average molecular weight is 304 g/mol. The lowest BCUT2D eigenvalue weighted by Crippen LogP contribution is -2.55. The third kappa shape index (κ3) is 2.67.